The van der Waals surface area contributed by atoms with Crippen LogP contribution in [0.1, 0.15) is 17.4 Å². The molecule has 2 aromatic rings. The lowest BCUT2D eigenvalue weighted by molar-refractivity contribution is -0.152. The molecule has 0 aliphatic carbocycles. The molecule has 0 bridgehead atoms. The third-order valence-corrected chi connectivity index (χ3v) is 5.25. The Morgan fingerprint density at radius 3 is 2.59 bits per heavy atom. The van der Waals surface area contributed by atoms with Gasteiger partial charge in [-0.05, 0) is 29.5 Å². The summed E-state index contributed by atoms with van der Waals surface area (Å²) in [5, 5.41) is 1.86. The topological polar surface area (TPSA) is 98.9 Å². The maximum atomic E-state index is 12.6. The number of thiophene rings is 1. The van der Waals surface area contributed by atoms with Crippen LogP contribution in [0.5, 0.6) is 0 Å². The average Bonchev–Trinajstić information content (AvgIpc) is 3.23. The quantitative estimate of drug-likeness (QED) is 0.307. The van der Waals surface area contributed by atoms with Gasteiger partial charge in [-0.1, -0.05) is 36.4 Å². The maximum Gasteiger partial charge on any atom is 0.374 e. The van der Waals surface area contributed by atoms with Gasteiger partial charge in [0.05, 0.1) is 6.42 Å². The Balaban J connectivity index is 1.70. The minimum Gasteiger partial charge on any atom is -0.455 e. The molecule has 1 aliphatic heterocycles. The van der Waals surface area contributed by atoms with E-state index in [-0.39, 0.29) is 31.2 Å². The minimum absolute atomic E-state index is 0.0481. The molecule has 29 heavy (non-hydrogen) atoms. The van der Waals surface area contributed by atoms with Crippen LogP contribution in [-0.2, 0) is 36.9 Å². The molecule has 8 heteroatoms. The van der Waals surface area contributed by atoms with Crippen molar-refractivity contribution in [2.24, 2.45) is 5.73 Å². The van der Waals surface area contributed by atoms with Crippen molar-refractivity contribution >= 4 is 29.2 Å². The second kappa shape index (κ2) is 9.49. The zero-order valence-electron chi connectivity index (χ0n) is 16.0. The Bertz CT molecular complexity index is 908. The highest BCUT2D eigenvalue weighted by Gasteiger charge is 2.34. The molecule has 1 atom stereocenters. The van der Waals surface area contributed by atoms with Crippen LogP contribution in [0.4, 0.5) is 0 Å². The number of carbonyl (C=O) groups is 3. The number of benzene rings is 1. The van der Waals surface area contributed by atoms with Gasteiger partial charge in [0.15, 0.2) is 0 Å². The van der Waals surface area contributed by atoms with Gasteiger partial charge >= 0.3 is 11.9 Å². The van der Waals surface area contributed by atoms with Crippen molar-refractivity contribution in [3.05, 3.63) is 69.6 Å². The zero-order valence-corrected chi connectivity index (χ0v) is 16.8. The van der Waals surface area contributed by atoms with Gasteiger partial charge in [0.2, 0.25) is 11.7 Å². The van der Waals surface area contributed by atoms with E-state index in [1.54, 1.807) is 6.92 Å². The summed E-state index contributed by atoms with van der Waals surface area (Å²) in [5.41, 5.74) is 6.85. The van der Waals surface area contributed by atoms with E-state index in [4.69, 9.17) is 15.2 Å². The zero-order chi connectivity index (χ0) is 20.8. The van der Waals surface area contributed by atoms with Crippen LogP contribution in [0.3, 0.4) is 0 Å². The molecule has 1 saturated heterocycles. The maximum absolute atomic E-state index is 12.6. The van der Waals surface area contributed by atoms with Crippen molar-refractivity contribution in [1.29, 1.82) is 0 Å². The lowest BCUT2D eigenvalue weighted by atomic mass is 10.1. The number of amides is 1. The summed E-state index contributed by atoms with van der Waals surface area (Å²) in [5.74, 6) is -1.70. The Morgan fingerprint density at radius 2 is 1.97 bits per heavy atom. The molecule has 1 amide bonds. The van der Waals surface area contributed by atoms with E-state index in [2.05, 4.69) is 0 Å². The predicted molar refractivity (Wildman–Crippen MR) is 108 cm³/mol. The molecule has 2 N–H and O–H groups in total. The summed E-state index contributed by atoms with van der Waals surface area (Å²) in [6.45, 7) is 2.22. The number of hydrogen-bond donors (Lipinski definition) is 1. The van der Waals surface area contributed by atoms with E-state index in [0.717, 1.165) is 10.4 Å². The molecule has 1 aromatic heterocycles. The van der Waals surface area contributed by atoms with E-state index in [1.807, 2.05) is 47.8 Å². The SMILES string of the molecule is CC(CN1C[C@H](N)C1=O)=C(OC(=O)Cc1cccs1)C(=O)OCc1ccccc1. The van der Waals surface area contributed by atoms with Crippen LogP contribution < -0.4 is 5.73 Å². The highest BCUT2D eigenvalue weighted by Crippen LogP contribution is 2.18. The van der Waals surface area contributed by atoms with E-state index >= 15 is 0 Å². The lowest BCUT2D eigenvalue weighted by Gasteiger charge is -2.36. The fourth-order valence-electron chi connectivity index (χ4n) is 2.83. The largest absolute Gasteiger partial charge is 0.455 e. The number of rotatable bonds is 8. The van der Waals surface area contributed by atoms with Gasteiger partial charge in [0.1, 0.15) is 12.6 Å². The molecular weight excluding hydrogens is 392 g/mol. The third kappa shape index (κ3) is 5.52. The summed E-state index contributed by atoms with van der Waals surface area (Å²) < 4.78 is 10.7. The number of carbonyl (C=O) groups excluding carboxylic acids is 3. The van der Waals surface area contributed by atoms with Gasteiger partial charge in [-0.25, -0.2) is 4.79 Å². The molecule has 0 unspecified atom stereocenters. The lowest BCUT2D eigenvalue weighted by Crippen LogP contribution is -2.61. The summed E-state index contributed by atoms with van der Waals surface area (Å²) >= 11 is 1.43. The second-order valence-corrected chi connectivity index (χ2v) is 7.76. The van der Waals surface area contributed by atoms with Crippen molar-refractivity contribution in [2.75, 3.05) is 13.1 Å². The summed E-state index contributed by atoms with van der Waals surface area (Å²) in [7, 11) is 0. The molecule has 0 radical (unpaired) electrons. The van der Waals surface area contributed by atoms with Crippen LogP contribution in [-0.4, -0.2) is 41.9 Å². The minimum atomic E-state index is -0.747. The number of hydrogen-bond acceptors (Lipinski definition) is 7. The predicted octanol–water partition coefficient (Wildman–Crippen LogP) is 2.02. The molecule has 3 rings (SSSR count). The monoisotopic (exact) mass is 414 g/mol. The van der Waals surface area contributed by atoms with Crippen molar-refractivity contribution in [3.8, 4) is 0 Å². The number of esters is 2. The first-order valence-electron chi connectivity index (χ1n) is 9.12. The number of nitrogens with zero attached hydrogens (tertiary/aromatic N) is 1. The average molecular weight is 414 g/mol. The smallest absolute Gasteiger partial charge is 0.374 e. The normalized spacial score (nSPS) is 16.7. The molecule has 152 valence electrons. The van der Waals surface area contributed by atoms with Crippen molar-refractivity contribution in [1.82, 2.24) is 4.90 Å². The fraction of sp³-hybridized carbons (Fsp3) is 0.286. The fourth-order valence-corrected chi connectivity index (χ4v) is 3.52. The van der Waals surface area contributed by atoms with E-state index in [0.29, 0.717) is 12.1 Å². The molecule has 2 heterocycles. The Hall–Kier alpha value is -2.97. The van der Waals surface area contributed by atoms with Crippen LogP contribution in [0.15, 0.2) is 59.2 Å². The molecule has 1 aromatic carbocycles. The van der Waals surface area contributed by atoms with Crippen LogP contribution >= 0.6 is 11.3 Å². The van der Waals surface area contributed by atoms with Crippen LogP contribution in [0, 0.1) is 0 Å². The molecule has 1 aliphatic rings. The van der Waals surface area contributed by atoms with Crippen molar-refractivity contribution < 1.29 is 23.9 Å². The van der Waals surface area contributed by atoms with Gasteiger partial charge in [-0.15, -0.1) is 11.3 Å². The van der Waals surface area contributed by atoms with Crippen molar-refractivity contribution in [2.45, 2.75) is 26.0 Å². The molecular formula is C21H22N2O5S. The van der Waals surface area contributed by atoms with Crippen molar-refractivity contribution in [3.63, 3.8) is 0 Å². The number of nitrogens with two attached hydrogens (primary N) is 1. The first kappa shape index (κ1) is 20.8. The molecule has 7 nitrogen and oxygen atoms in total. The third-order valence-electron chi connectivity index (χ3n) is 4.37. The Morgan fingerprint density at radius 1 is 1.21 bits per heavy atom. The Labute approximate surface area is 172 Å². The number of likely N-dealkylation sites (tertiary alicyclic amines) is 1. The van der Waals surface area contributed by atoms with Gasteiger partial charge in [0, 0.05) is 18.0 Å². The van der Waals surface area contributed by atoms with Gasteiger partial charge in [-0.3, -0.25) is 9.59 Å². The van der Waals surface area contributed by atoms with Gasteiger partial charge < -0.3 is 20.1 Å². The van der Waals surface area contributed by atoms with Crippen LogP contribution in [0.25, 0.3) is 0 Å². The summed E-state index contributed by atoms with van der Waals surface area (Å²) in [6, 6.07) is 12.3. The number of β-lactam (4-membered cyclic amide) rings is 1. The highest BCUT2D eigenvalue weighted by atomic mass is 32.1. The standard InChI is InChI=1S/C21H22N2O5S/c1-14(11-23-12-17(22)20(23)25)19(28-18(24)10-16-8-5-9-29-16)21(26)27-13-15-6-3-2-4-7-15/h2-9,17H,10-13,22H2,1H3/t17-/m0/s1. The molecule has 0 saturated carbocycles. The van der Waals surface area contributed by atoms with E-state index in [9.17, 15) is 14.4 Å². The first-order chi connectivity index (χ1) is 13.9. The Kier molecular flexibility index (Phi) is 6.79. The highest BCUT2D eigenvalue weighted by molar-refractivity contribution is 7.10. The summed E-state index contributed by atoms with van der Waals surface area (Å²) in [4.78, 5) is 39.1. The second-order valence-electron chi connectivity index (χ2n) is 6.73. The first-order valence-corrected chi connectivity index (χ1v) is 10.00. The van der Waals surface area contributed by atoms with E-state index in [1.165, 1.54) is 16.2 Å². The number of ether oxygens (including phenoxy) is 2. The summed E-state index contributed by atoms with van der Waals surface area (Å²) in [6.07, 6.45) is 0.0495. The van der Waals surface area contributed by atoms with Gasteiger partial charge in [0.25, 0.3) is 0 Å². The van der Waals surface area contributed by atoms with Crippen LogP contribution in [0.2, 0.25) is 0 Å². The van der Waals surface area contributed by atoms with E-state index < -0.39 is 18.0 Å². The molecule has 0 spiro atoms. The molecule has 1 fully saturated rings. The van der Waals surface area contributed by atoms with Gasteiger partial charge in [-0.2, -0.15) is 0 Å².